The Labute approximate surface area is 111 Å². The van der Waals surface area contributed by atoms with E-state index in [9.17, 15) is 0 Å². The van der Waals surface area contributed by atoms with Gasteiger partial charge in [-0.2, -0.15) is 0 Å². The lowest BCUT2D eigenvalue weighted by Gasteiger charge is -2.06. The average molecular weight is 250 g/mol. The smallest absolute Gasteiger partial charge is 0.141 e. The molecular formula is C15H14N4. The lowest BCUT2D eigenvalue weighted by molar-refractivity contribution is 0.906. The summed E-state index contributed by atoms with van der Waals surface area (Å²) in [5.74, 6) is 0.913. The highest BCUT2D eigenvalue weighted by Crippen LogP contribution is 2.14. The van der Waals surface area contributed by atoms with Gasteiger partial charge in [-0.05, 0) is 29.8 Å². The third-order valence-corrected chi connectivity index (χ3v) is 2.99. The Morgan fingerprint density at radius 2 is 1.68 bits per heavy atom. The molecule has 3 rings (SSSR count). The summed E-state index contributed by atoms with van der Waals surface area (Å²) < 4.78 is 2.00. The highest BCUT2D eigenvalue weighted by Gasteiger charge is 2.06. The van der Waals surface area contributed by atoms with E-state index in [1.54, 1.807) is 6.33 Å². The minimum atomic E-state index is 0.731. The van der Waals surface area contributed by atoms with Crippen LogP contribution >= 0.6 is 0 Å². The molecule has 0 unspecified atom stereocenters. The topological polar surface area (TPSA) is 56.7 Å². The summed E-state index contributed by atoms with van der Waals surface area (Å²) in [7, 11) is 0. The van der Waals surface area contributed by atoms with Crippen molar-refractivity contribution < 1.29 is 0 Å². The minimum Gasteiger partial charge on any atom is -0.399 e. The summed E-state index contributed by atoms with van der Waals surface area (Å²) in [6.45, 7) is 0. The number of anilines is 1. The number of nitrogens with two attached hydrogens (primary N) is 1. The molecule has 3 aromatic rings. The van der Waals surface area contributed by atoms with Gasteiger partial charge < -0.3 is 5.73 Å². The van der Waals surface area contributed by atoms with Crippen LogP contribution in [0.25, 0.3) is 5.69 Å². The molecule has 2 aromatic carbocycles. The first-order chi connectivity index (χ1) is 9.33. The molecule has 0 saturated heterocycles. The number of hydrogen-bond acceptors (Lipinski definition) is 3. The molecule has 0 amide bonds. The molecule has 4 heteroatoms. The van der Waals surface area contributed by atoms with Gasteiger partial charge in [0.05, 0.1) is 0 Å². The van der Waals surface area contributed by atoms with Crippen molar-refractivity contribution in [3.05, 3.63) is 72.3 Å². The molecule has 0 spiro atoms. The van der Waals surface area contributed by atoms with E-state index in [4.69, 9.17) is 5.73 Å². The third kappa shape index (κ3) is 2.47. The van der Waals surface area contributed by atoms with Gasteiger partial charge in [-0.3, -0.25) is 4.57 Å². The molecule has 1 aromatic heterocycles. The highest BCUT2D eigenvalue weighted by atomic mass is 15.3. The van der Waals surface area contributed by atoms with Crippen LogP contribution in [0.5, 0.6) is 0 Å². The van der Waals surface area contributed by atoms with Crippen molar-refractivity contribution >= 4 is 5.69 Å². The van der Waals surface area contributed by atoms with Crippen LogP contribution in [-0.4, -0.2) is 14.8 Å². The second-order valence-electron chi connectivity index (χ2n) is 4.37. The minimum absolute atomic E-state index is 0.731. The third-order valence-electron chi connectivity index (χ3n) is 2.99. The summed E-state index contributed by atoms with van der Waals surface area (Å²) in [4.78, 5) is 0. The molecule has 2 N–H and O–H groups in total. The van der Waals surface area contributed by atoms with E-state index in [-0.39, 0.29) is 0 Å². The van der Waals surface area contributed by atoms with E-state index in [0.29, 0.717) is 0 Å². The molecule has 94 valence electrons. The van der Waals surface area contributed by atoms with Crippen molar-refractivity contribution in [2.24, 2.45) is 0 Å². The van der Waals surface area contributed by atoms with Gasteiger partial charge in [-0.1, -0.05) is 30.3 Å². The van der Waals surface area contributed by atoms with Gasteiger partial charge in [0.15, 0.2) is 0 Å². The molecule has 0 saturated carbocycles. The van der Waals surface area contributed by atoms with E-state index in [1.165, 1.54) is 5.56 Å². The first-order valence-electron chi connectivity index (χ1n) is 6.12. The summed E-state index contributed by atoms with van der Waals surface area (Å²) in [6.07, 6.45) is 2.47. The number of benzene rings is 2. The van der Waals surface area contributed by atoms with Gasteiger partial charge in [0.25, 0.3) is 0 Å². The first kappa shape index (κ1) is 11.5. The maximum Gasteiger partial charge on any atom is 0.141 e. The maximum atomic E-state index is 5.69. The molecule has 0 aliphatic carbocycles. The summed E-state index contributed by atoms with van der Waals surface area (Å²) in [6, 6.07) is 17.9. The molecule has 1 heterocycles. The predicted molar refractivity (Wildman–Crippen MR) is 75.0 cm³/mol. The van der Waals surface area contributed by atoms with Crippen molar-refractivity contribution in [2.75, 3.05) is 5.73 Å². The maximum absolute atomic E-state index is 5.69. The number of nitrogen functional groups attached to an aromatic ring is 1. The fourth-order valence-electron chi connectivity index (χ4n) is 2.00. The quantitative estimate of drug-likeness (QED) is 0.726. The highest BCUT2D eigenvalue weighted by molar-refractivity contribution is 5.40. The number of aromatic nitrogens is 3. The summed E-state index contributed by atoms with van der Waals surface area (Å²) >= 11 is 0. The molecule has 0 atom stereocenters. The van der Waals surface area contributed by atoms with Crippen LogP contribution in [-0.2, 0) is 6.42 Å². The van der Waals surface area contributed by atoms with E-state index in [0.717, 1.165) is 23.6 Å². The zero-order valence-electron chi connectivity index (χ0n) is 10.4. The van der Waals surface area contributed by atoms with Gasteiger partial charge in [-0.25, -0.2) is 0 Å². The number of hydrogen-bond donors (Lipinski definition) is 1. The second-order valence-corrected chi connectivity index (χ2v) is 4.37. The van der Waals surface area contributed by atoms with E-state index in [2.05, 4.69) is 10.2 Å². The number of rotatable bonds is 3. The van der Waals surface area contributed by atoms with Crippen LogP contribution in [0.4, 0.5) is 5.69 Å². The Morgan fingerprint density at radius 3 is 2.42 bits per heavy atom. The standard InChI is InChI=1S/C15H14N4/c16-13-8-6-12(7-9-13)10-15-18-17-11-19(15)14-4-2-1-3-5-14/h1-9,11H,10,16H2. The lowest BCUT2D eigenvalue weighted by atomic mass is 10.1. The van der Waals surface area contributed by atoms with Gasteiger partial charge in [0, 0.05) is 17.8 Å². The van der Waals surface area contributed by atoms with Crippen LogP contribution in [0.1, 0.15) is 11.4 Å². The van der Waals surface area contributed by atoms with E-state index < -0.39 is 0 Å². The molecule has 0 fully saturated rings. The monoisotopic (exact) mass is 250 g/mol. The summed E-state index contributed by atoms with van der Waals surface area (Å²) in [5.41, 5.74) is 8.69. The van der Waals surface area contributed by atoms with Gasteiger partial charge >= 0.3 is 0 Å². The van der Waals surface area contributed by atoms with Crippen molar-refractivity contribution in [1.82, 2.24) is 14.8 Å². The van der Waals surface area contributed by atoms with Crippen molar-refractivity contribution in [2.45, 2.75) is 6.42 Å². The van der Waals surface area contributed by atoms with Crippen LogP contribution in [0.2, 0.25) is 0 Å². The normalized spacial score (nSPS) is 10.5. The number of para-hydroxylation sites is 1. The zero-order valence-corrected chi connectivity index (χ0v) is 10.4. The first-order valence-corrected chi connectivity index (χ1v) is 6.12. The molecule has 0 bridgehead atoms. The Kier molecular flexibility index (Phi) is 2.98. The average Bonchev–Trinajstić information content (AvgIpc) is 2.90. The van der Waals surface area contributed by atoms with Crippen LogP contribution in [0.3, 0.4) is 0 Å². The van der Waals surface area contributed by atoms with Crippen LogP contribution in [0.15, 0.2) is 60.9 Å². The molecular weight excluding hydrogens is 236 g/mol. The Hall–Kier alpha value is -2.62. The van der Waals surface area contributed by atoms with E-state index in [1.807, 2.05) is 59.2 Å². The number of nitrogens with zero attached hydrogens (tertiary/aromatic N) is 3. The SMILES string of the molecule is Nc1ccc(Cc2nncn2-c2ccccc2)cc1. The van der Waals surface area contributed by atoms with Crippen LogP contribution < -0.4 is 5.73 Å². The largest absolute Gasteiger partial charge is 0.399 e. The molecule has 0 radical (unpaired) electrons. The fourth-order valence-corrected chi connectivity index (χ4v) is 2.00. The lowest BCUT2D eigenvalue weighted by Crippen LogP contribution is -2.01. The van der Waals surface area contributed by atoms with Gasteiger partial charge in [-0.15, -0.1) is 10.2 Å². The van der Waals surface area contributed by atoms with Crippen molar-refractivity contribution in [3.63, 3.8) is 0 Å². The predicted octanol–water partition coefficient (Wildman–Crippen LogP) is 2.44. The van der Waals surface area contributed by atoms with E-state index >= 15 is 0 Å². The molecule has 0 aliphatic heterocycles. The Morgan fingerprint density at radius 1 is 0.947 bits per heavy atom. The Bertz CT molecular complexity index is 656. The molecule has 4 nitrogen and oxygen atoms in total. The molecule has 0 aliphatic rings. The second kappa shape index (κ2) is 4.94. The van der Waals surface area contributed by atoms with Crippen LogP contribution in [0, 0.1) is 0 Å². The zero-order chi connectivity index (χ0) is 13.1. The van der Waals surface area contributed by atoms with Gasteiger partial charge in [0.2, 0.25) is 0 Å². The molecule has 19 heavy (non-hydrogen) atoms. The fraction of sp³-hybridized carbons (Fsp3) is 0.0667. The summed E-state index contributed by atoms with van der Waals surface area (Å²) in [5, 5.41) is 8.19. The van der Waals surface area contributed by atoms with Crippen molar-refractivity contribution in [1.29, 1.82) is 0 Å². The van der Waals surface area contributed by atoms with Gasteiger partial charge in [0.1, 0.15) is 12.2 Å². The van der Waals surface area contributed by atoms with Crippen molar-refractivity contribution in [3.8, 4) is 5.69 Å². The Balaban J connectivity index is 1.91.